The van der Waals surface area contributed by atoms with Crippen molar-refractivity contribution in [3.05, 3.63) is 82.9 Å². The Bertz CT molecular complexity index is 1170. The number of benzene rings is 3. The first-order valence-corrected chi connectivity index (χ1v) is 11.3. The van der Waals surface area contributed by atoms with Gasteiger partial charge in [0.15, 0.2) is 0 Å². The smallest absolute Gasteiger partial charge is 0.297 e. The Morgan fingerprint density at radius 3 is 2.50 bits per heavy atom. The molecule has 1 aliphatic heterocycles. The first kappa shape index (κ1) is 20.4. The van der Waals surface area contributed by atoms with Crippen LogP contribution in [0.5, 0.6) is 5.75 Å². The number of nitrogens with one attached hydrogen (secondary N) is 1. The van der Waals surface area contributed by atoms with Crippen molar-refractivity contribution in [3.8, 4) is 5.75 Å². The molecular formula is C24H25NO4S. The maximum absolute atomic E-state index is 12.5. The van der Waals surface area contributed by atoms with E-state index in [2.05, 4.69) is 31.3 Å². The maximum Gasteiger partial charge on any atom is 0.297 e. The van der Waals surface area contributed by atoms with E-state index < -0.39 is 10.1 Å². The Kier molecular flexibility index (Phi) is 5.54. The molecule has 156 valence electrons. The van der Waals surface area contributed by atoms with Crippen LogP contribution in [0.2, 0.25) is 0 Å². The number of aryl methyl sites for hydroxylation is 3. The highest BCUT2D eigenvalue weighted by atomic mass is 32.2. The fourth-order valence-corrected chi connectivity index (χ4v) is 4.38. The zero-order valence-electron chi connectivity index (χ0n) is 17.3. The van der Waals surface area contributed by atoms with Gasteiger partial charge in [-0.25, -0.2) is 0 Å². The number of fused-ring (bicyclic) bond motifs is 1. The van der Waals surface area contributed by atoms with E-state index in [0.717, 1.165) is 28.3 Å². The number of para-hydroxylation sites is 1. The molecular weight excluding hydrogens is 398 g/mol. The van der Waals surface area contributed by atoms with E-state index in [0.29, 0.717) is 6.42 Å². The topological polar surface area (TPSA) is 64.6 Å². The van der Waals surface area contributed by atoms with Crippen LogP contribution < -0.4 is 10.1 Å². The third-order valence-electron chi connectivity index (χ3n) is 5.33. The summed E-state index contributed by atoms with van der Waals surface area (Å²) in [5.74, 6) is 0.747. The van der Waals surface area contributed by atoms with Crippen LogP contribution in [-0.4, -0.2) is 21.1 Å². The molecule has 0 spiro atoms. The van der Waals surface area contributed by atoms with Crippen LogP contribution in [-0.2, 0) is 20.7 Å². The molecule has 4 rings (SSSR count). The maximum atomic E-state index is 12.5. The van der Waals surface area contributed by atoms with Gasteiger partial charge in [0.1, 0.15) is 18.5 Å². The van der Waals surface area contributed by atoms with Gasteiger partial charge in [-0.1, -0.05) is 35.9 Å². The average molecular weight is 424 g/mol. The molecule has 0 aromatic heterocycles. The largest absolute Gasteiger partial charge is 0.485 e. The molecule has 0 bridgehead atoms. The van der Waals surface area contributed by atoms with Gasteiger partial charge in [-0.3, -0.25) is 4.18 Å². The van der Waals surface area contributed by atoms with E-state index in [1.807, 2.05) is 31.2 Å². The normalized spacial score (nSPS) is 15.5. The average Bonchev–Trinajstić information content (AvgIpc) is 3.14. The van der Waals surface area contributed by atoms with E-state index >= 15 is 0 Å². The predicted octanol–water partition coefficient (Wildman–Crippen LogP) is 5.06. The molecule has 3 aromatic rings. The lowest BCUT2D eigenvalue weighted by Gasteiger charge is -2.14. The molecule has 30 heavy (non-hydrogen) atoms. The van der Waals surface area contributed by atoms with Crippen LogP contribution in [0.4, 0.5) is 11.4 Å². The number of rotatable bonds is 6. The molecule has 1 atom stereocenters. The minimum absolute atomic E-state index is 0.0338. The molecule has 0 saturated carbocycles. The molecule has 1 unspecified atom stereocenters. The minimum Gasteiger partial charge on any atom is -0.485 e. The second-order valence-corrected chi connectivity index (χ2v) is 9.33. The van der Waals surface area contributed by atoms with Crippen molar-refractivity contribution in [2.75, 3.05) is 11.9 Å². The van der Waals surface area contributed by atoms with Crippen molar-refractivity contribution < 1.29 is 17.3 Å². The monoisotopic (exact) mass is 423 g/mol. The molecule has 1 aliphatic rings. The Balaban J connectivity index is 1.45. The van der Waals surface area contributed by atoms with Crippen LogP contribution >= 0.6 is 0 Å². The lowest BCUT2D eigenvalue weighted by molar-refractivity contribution is 0.153. The molecule has 1 heterocycles. The highest BCUT2D eigenvalue weighted by Gasteiger charge is 2.28. The van der Waals surface area contributed by atoms with Crippen molar-refractivity contribution in [1.82, 2.24) is 0 Å². The molecule has 1 N–H and O–H groups in total. The summed E-state index contributed by atoms with van der Waals surface area (Å²) in [6, 6.07) is 18.7. The van der Waals surface area contributed by atoms with Gasteiger partial charge in [0.25, 0.3) is 10.1 Å². The summed E-state index contributed by atoms with van der Waals surface area (Å²) < 4.78 is 36.2. The summed E-state index contributed by atoms with van der Waals surface area (Å²) in [5, 5.41) is 3.41. The van der Waals surface area contributed by atoms with Gasteiger partial charge in [-0.15, -0.1) is 0 Å². The van der Waals surface area contributed by atoms with Crippen molar-refractivity contribution in [2.45, 2.75) is 38.2 Å². The standard InChI is InChI=1S/C24H25NO4S/c1-16-7-11-22(12-8-16)30(26,27)28-15-21-14-19-5-4-6-23(24(19)29-21)25-20-10-9-17(2)18(3)13-20/h4-13,21,25H,14-15H2,1-3H3. The van der Waals surface area contributed by atoms with Crippen LogP contribution in [0, 0.1) is 20.8 Å². The van der Waals surface area contributed by atoms with Gasteiger partial charge in [0.05, 0.1) is 10.6 Å². The van der Waals surface area contributed by atoms with Crippen molar-refractivity contribution >= 4 is 21.5 Å². The van der Waals surface area contributed by atoms with Gasteiger partial charge in [0, 0.05) is 17.7 Å². The van der Waals surface area contributed by atoms with Crippen molar-refractivity contribution in [2.24, 2.45) is 0 Å². The van der Waals surface area contributed by atoms with Crippen molar-refractivity contribution in [1.29, 1.82) is 0 Å². The summed E-state index contributed by atoms with van der Waals surface area (Å²) in [6.07, 6.45) is 0.240. The molecule has 3 aromatic carbocycles. The third kappa shape index (κ3) is 4.35. The van der Waals surface area contributed by atoms with Gasteiger partial charge in [-0.05, 0) is 62.2 Å². The molecule has 5 nitrogen and oxygen atoms in total. The van der Waals surface area contributed by atoms with Gasteiger partial charge in [-0.2, -0.15) is 8.42 Å². The lowest BCUT2D eigenvalue weighted by atomic mass is 10.1. The quantitative estimate of drug-likeness (QED) is 0.561. The van der Waals surface area contributed by atoms with Crippen molar-refractivity contribution in [3.63, 3.8) is 0 Å². The minimum atomic E-state index is -3.82. The van der Waals surface area contributed by atoms with E-state index in [-0.39, 0.29) is 17.6 Å². The first-order valence-electron chi connectivity index (χ1n) is 9.91. The Morgan fingerprint density at radius 2 is 1.77 bits per heavy atom. The number of hydrogen-bond donors (Lipinski definition) is 1. The van der Waals surface area contributed by atoms with Gasteiger partial charge < -0.3 is 10.1 Å². The molecule has 0 amide bonds. The molecule has 0 saturated heterocycles. The van der Waals surface area contributed by atoms with E-state index in [1.54, 1.807) is 24.3 Å². The third-order valence-corrected chi connectivity index (χ3v) is 6.63. The van der Waals surface area contributed by atoms with E-state index in [9.17, 15) is 8.42 Å². The second kappa shape index (κ2) is 8.13. The van der Waals surface area contributed by atoms with Crippen LogP contribution in [0.1, 0.15) is 22.3 Å². The highest BCUT2D eigenvalue weighted by Crippen LogP contribution is 2.38. The Morgan fingerprint density at radius 1 is 1.00 bits per heavy atom. The molecule has 0 fully saturated rings. The van der Waals surface area contributed by atoms with E-state index in [1.165, 1.54) is 11.1 Å². The molecule has 6 heteroatoms. The molecule has 0 aliphatic carbocycles. The van der Waals surface area contributed by atoms with Crippen LogP contribution in [0.3, 0.4) is 0 Å². The summed E-state index contributed by atoms with van der Waals surface area (Å²) >= 11 is 0. The van der Waals surface area contributed by atoms with Crippen LogP contribution in [0.25, 0.3) is 0 Å². The molecule has 0 radical (unpaired) electrons. The predicted molar refractivity (Wildman–Crippen MR) is 118 cm³/mol. The van der Waals surface area contributed by atoms with Crippen LogP contribution in [0.15, 0.2) is 65.6 Å². The fraction of sp³-hybridized carbons (Fsp3) is 0.250. The SMILES string of the molecule is Cc1ccc(S(=O)(=O)OCC2Cc3cccc(Nc4ccc(C)c(C)c4)c3O2)cc1. The number of ether oxygens (including phenoxy) is 1. The zero-order chi connectivity index (χ0) is 21.3. The first-order chi connectivity index (χ1) is 14.3. The second-order valence-electron chi connectivity index (χ2n) is 7.71. The number of hydrogen-bond acceptors (Lipinski definition) is 5. The van der Waals surface area contributed by atoms with Gasteiger partial charge >= 0.3 is 0 Å². The summed E-state index contributed by atoms with van der Waals surface area (Å²) in [5.41, 5.74) is 6.32. The Labute approximate surface area is 177 Å². The Hall–Kier alpha value is -2.83. The summed E-state index contributed by atoms with van der Waals surface area (Å²) in [7, 11) is -3.82. The highest BCUT2D eigenvalue weighted by molar-refractivity contribution is 7.86. The van der Waals surface area contributed by atoms with E-state index in [4.69, 9.17) is 8.92 Å². The van der Waals surface area contributed by atoms with Gasteiger partial charge in [0.2, 0.25) is 0 Å². The number of anilines is 2. The lowest BCUT2D eigenvalue weighted by Crippen LogP contribution is -2.23. The summed E-state index contributed by atoms with van der Waals surface area (Å²) in [6.45, 7) is 6.03. The fourth-order valence-electron chi connectivity index (χ4n) is 3.44. The zero-order valence-corrected chi connectivity index (χ0v) is 18.1. The summed E-state index contributed by atoms with van der Waals surface area (Å²) in [4.78, 5) is 0.153.